The van der Waals surface area contributed by atoms with E-state index < -0.39 is 0 Å². The molecule has 2 unspecified atom stereocenters. The minimum atomic E-state index is -0.0963. The second-order valence-electron chi connectivity index (χ2n) is 8.21. The Hall–Kier alpha value is -3.28. The molecule has 0 bridgehead atoms. The van der Waals surface area contributed by atoms with Crippen LogP contribution in [0.1, 0.15) is 44.2 Å². The van der Waals surface area contributed by atoms with E-state index in [4.69, 9.17) is 18.9 Å². The third kappa shape index (κ3) is 8.64. The third-order valence-electron chi connectivity index (χ3n) is 5.26. The van der Waals surface area contributed by atoms with E-state index in [-0.39, 0.29) is 23.7 Å². The number of allylic oxidation sites excluding steroid dienone is 2. The average molecular weight is 457 g/mol. The van der Waals surface area contributed by atoms with E-state index in [0.717, 1.165) is 36.8 Å². The van der Waals surface area contributed by atoms with Gasteiger partial charge in [0, 0.05) is 6.42 Å². The van der Waals surface area contributed by atoms with Gasteiger partial charge in [-0.3, -0.25) is 0 Å². The fourth-order valence-electron chi connectivity index (χ4n) is 3.72. The van der Waals surface area contributed by atoms with Crippen molar-refractivity contribution in [2.75, 3.05) is 14.2 Å². The maximum atomic E-state index is 9.83. The van der Waals surface area contributed by atoms with Crippen LogP contribution in [0.4, 0.5) is 0 Å². The van der Waals surface area contributed by atoms with E-state index >= 15 is 0 Å². The number of benzene rings is 2. The summed E-state index contributed by atoms with van der Waals surface area (Å²) in [5, 5.41) is 19.7. The molecule has 2 rings (SSSR count). The van der Waals surface area contributed by atoms with Gasteiger partial charge in [0.1, 0.15) is 12.2 Å². The zero-order chi connectivity index (χ0) is 24.4. The molecule has 6 nitrogen and oxygen atoms in total. The highest BCUT2D eigenvalue weighted by atomic mass is 16.5. The number of hydrogen-bond acceptors (Lipinski definition) is 6. The Morgan fingerprint density at radius 2 is 1.15 bits per heavy atom. The Labute approximate surface area is 197 Å². The highest BCUT2D eigenvalue weighted by Crippen LogP contribution is 2.29. The first-order valence-electron chi connectivity index (χ1n) is 11.1. The quantitative estimate of drug-likeness (QED) is 0.344. The van der Waals surface area contributed by atoms with Crippen molar-refractivity contribution in [3.8, 4) is 23.0 Å². The van der Waals surface area contributed by atoms with Gasteiger partial charge in [0.2, 0.25) is 0 Å². The van der Waals surface area contributed by atoms with Gasteiger partial charge < -0.3 is 29.2 Å². The highest BCUT2D eigenvalue weighted by molar-refractivity contribution is 5.42. The second kappa shape index (κ2) is 12.7. The maximum Gasteiger partial charge on any atom is 0.160 e. The molecule has 0 aliphatic heterocycles. The number of methoxy groups -OCH3 is 2. The molecule has 2 atom stereocenters. The molecule has 33 heavy (non-hydrogen) atoms. The second-order valence-corrected chi connectivity index (χ2v) is 8.21. The molecular weight excluding hydrogens is 420 g/mol. The number of hydrogen-bond donors (Lipinski definition) is 2. The summed E-state index contributed by atoms with van der Waals surface area (Å²) in [5.41, 5.74) is 2.10. The molecule has 180 valence electrons. The Morgan fingerprint density at radius 1 is 0.758 bits per heavy atom. The van der Waals surface area contributed by atoms with Crippen LogP contribution >= 0.6 is 0 Å². The Balaban J connectivity index is 2.07. The van der Waals surface area contributed by atoms with E-state index in [1.54, 1.807) is 12.1 Å². The number of rotatable bonds is 14. The fourth-order valence-corrected chi connectivity index (χ4v) is 3.72. The lowest BCUT2D eigenvalue weighted by Crippen LogP contribution is -2.24. The number of phenols is 2. The van der Waals surface area contributed by atoms with Crippen LogP contribution in [0, 0.1) is 0 Å². The molecule has 0 spiro atoms. The standard InChI is InChI=1S/C27H36O6/c1-18(2)32-22(11-7-20-9-13-24(28)26(15-20)30-5)17-23(33-19(3)4)12-8-21-10-14-25(29)27(16-21)31-6/h9-10,13-16,22-23,28-29H,1,3,7-8,11-12,17H2,2,4-6H3. The Morgan fingerprint density at radius 3 is 1.48 bits per heavy atom. The van der Waals surface area contributed by atoms with Crippen LogP contribution in [0.2, 0.25) is 0 Å². The molecule has 2 aromatic rings. The lowest BCUT2D eigenvalue weighted by molar-refractivity contribution is 0.0295. The largest absolute Gasteiger partial charge is 0.504 e. The summed E-state index contributed by atoms with van der Waals surface area (Å²) in [6, 6.07) is 10.7. The van der Waals surface area contributed by atoms with Gasteiger partial charge >= 0.3 is 0 Å². The predicted octanol–water partition coefficient (Wildman–Crippen LogP) is 5.91. The van der Waals surface area contributed by atoms with Crippen molar-refractivity contribution in [1.29, 1.82) is 0 Å². The molecule has 0 amide bonds. The van der Waals surface area contributed by atoms with Crippen molar-refractivity contribution in [2.24, 2.45) is 0 Å². The van der Waals surface area contributed by atoms with E-state index in [2.05, 4.69) is 13.2 Å². The van der Waals surface area contributed by atoms with Crippen LogP contribution in [0.5, 0.6) is 23.0 Å². The molecule has 0 saturated heterocycles. The molecule has 0 aliphatic rings. The van der Waals surface area contributed by atoms with Crippen molar-refractivity contribution in [3.05, 3.63) is 72.2 Å². The van der Waals surface area contributed by atoms with Crippen molar-refractivity contribution in [1.82, 2.24) is 0 Å². The summed E-state index contributed by atoms with van der Waals surface area (Å²) in [4.78, 5) is 0. The smallest absolute Gasteiger partial charge is 0.160 e. The van der Waals surface area contributed by atoms with Crippen LogP contribution in [0.15, 0.2) is 61.1 Å². The first kappa shape index (κ1) is 26.0. The van der Waals surface area contributed by atoms with Gasteiger partial charge in [-0.1, -0.05) is 25.3 Å². The Kier molecular flexibility index (Phi) is 9.98. The fraction of sp³-hybridized carbons (Fsp3) is 0.407. The molecule has 0 aliphatic carbocycles. The van der Waals surface area contributed by atoms with Gasteiger partial charge in [0.25, 0.3) is 0 Å². The minimum Gasteiger partial charge on any atom is -0.504 e. The molecular formula is C27H36O6. The SMILES string of the molecule is C=C(C)OC(CCc1ccc(O)c(OC)c1)CC(CCc1ccc(O)c(OC)c1)OC(=C)C. The molecule has 6 heteroatoms. The topological polar surface area (TPSA) is 77.4 Å². The molecule has 0 fully saturated rings. The monoisotopic (exact) mass is 456 g/mol. The zero-order valence-electron chi connectivity index (χ0n) is 20.1. The summed E-state index contributed by atoms with van der Waals surface area (Å²) >= 11 is 0. The summed E-state index contributed by atoms with van der Waals surface area (Å²) in [6.45, 7) is 11.5. The average Bonchev–Trinajstić information content (AvgIpc) is 2.76. The lowest BCUT2D eigenvalue weighted by atomic mass is 9.98. The van der Waals surface area contributed by atoms with Crippen LogP contribution in [0.3, 0.4) is 0 Å². The van der Waals surface area contributed by atoms with Gasteiger partial charge in [-0.05, 0) is 74.9 Å². The lowest BCUT2D eigenvalue weighted by Gasteiger charge is -2.26. The summed E-state index contributed by atoms with van der Waals surface area (Å²) in [6.07, 6.45) is 3.49. The van der Waals surface area contributed by atoms with Crippen molar-refractivity contribution in [3.63, 3.8) is 0 Å². The zero-order valence-corrected chi connectivity index (χ0v) is 20.1. The van der Waals surface area contributed by atoms with E-state index in [1.165, 1.54) is 14.2 Å². The highest BCUT2D eigenvalue weighted by Gasteiger charge is 2.20. The number of aryl methyl sites for hydroxylation is 2. The number of phenolic OH excluding ortho intramolecular Hbond substituents is 2. The van der Waals surface area contributed by atoms with Gasteiger partial charge in [-0.2, -0.15) is 0 Å². The summed E-state index contributed by atoms with van der Waals surface area (Å²) in [5.74, 6) is 2.46. The molecule has 0 aromatic heterocycles. The predicted molar refractivity (Wildman–Crippen MR) is 130 cm³/mol. The Bertz CT molecular complexity index is 861. The summed E-state index contributed by atoms with van der Waals surface area (Å²) < 4.78 is 22.5. The molecule has 0 saturated carbocycles. The molecule has 2 aromatic carbocycles. The van der Waals surface area contributed by atoms with Crippen molar-refractivity contribution < 1.29 is 29.2 Å². The van der Waals surface area contributed by atoms with E-state index in [1.807, 2.05) is 38.1 Å². The first-order valence-corrected chi connectivity index (χ1v) is 11.1. The number of aromatic hydroxyl groups is 2. The molecule has 0 radical (unpaired) electrons. The number of ether oxygens (including phenoxy) is 4. The molecule has 0 heterocycles. The van der Waals surface area contributed by atoms with Gasteiger partial charge in [0.05, 0.1) is 25.7 Å². The maximum absolute atomic E-state index is 9.83. The van der Waals surface area contributed by atoms with Crippen LogP contribution < -0.4 is 9.47 Å². The summed E-state index contributed by atoms with van der Waals surface area (Å²) in [7, 11) is 3.07. The first-order chi connectivity index (χ1) is 15.7. The van der Waals surface area contributed by atoms with Crippen LogP contribution in [-0.4, -0.2) is 36.6 Å². The molecule has 2 N–H and O–H groups in total. The minimum absolute atomic E-state index is 0.0963. The van der Waals surface area contributed by atoms with E-state index in [9.17, 15) is 10.2 Å². The normalized spacial score (nSPS) is 12.5. The van der Waals surface area contributed by atoms with Gasteiger partial charge in [-0.25, -0.2) is 0 Å². The third-order valence-corrected chi connectivity index (χ3v) is 5.26. The van der Waals surface area contributed by atoms with Crippen LogP contribution in [0.25, 0.3) is 0 Å². The van der Waals surface area contributed by atoms with E-state index in [0.29, 0.717) is 29.4 Å². The van der Waals surface area contributed by atoms with Crippen molar-refractivity contribution >= 4 is 0 Å². The van der Waals surface area contributed by atoms with Crippen molar-refractivity contribution in [2.45, 2.75) is 58.2 Å². The van der Waals surface area contributed by atoms with Gasteiger partial charge in [-0.15, -0.1) is 0 Å². The van der Waals surface area contributed by atoms with Crippen LogP contribution in [-0.2, 0) is 22.3 Å². The van der Waals surface area contributed by atoms with Gasteiger partial charge in [0.15, 0.2) is 23.0 Å².